The average Bonchev–Trinajstić information content (AvgIpc) is 2.29. The summed E-state index contributed by atoms with van der Waals surface area (Å²) in [7, 11) is 1.52. The van der Waals surface area contributed by atoms with Crippen LogP contribution in [-0.2, 0) is 10.5 Å². The van der Waals surface area contributed by atoms with Gasteiger partial charge in [0.1, 0.15) is 5.75 Å². The highest BCUT2D eigenvalue weighted by Gasteiger charge is 2.07. The summed E-state index contributed by atoms with van der Waals surface area (Å²) >= 11 is 4.16. The summed E-state index contributed by atoms with van der Waals surface area (Å²) in [5.74, 6) is 1.40. The Kier molecular flexibility index (Phi) is 5.02. The van der Waals surface area contributed by atoms with Gasteiger partial charge < -0.3 is 9.47 Å². The minimum absolute atomic E-state index is 0.213. The summed E-state index contributed by atoms with van der Waals surface area (Å²) in [4.78, 5) is 0. The summed E-state index contributed by atoms with van der Waals surface area (Å²) in [5.41, 5.74) is 1.12. The number of ether oxygens (including phenoxy) is 2. The first kappa shape index (κ1) is 11.9. The number of benzene rings is 1. The van der Waals surface area contributed by atoms with Crippen LogP contribution in [0.5, 0.6) is 5.75 Å². The molecule has 0 N–H and O–H groups in total. The molecule has 0 aliphatic heterocycles. The van der Waals surface area contributed by atoms with E-state index < -0.39 is 6.29 Å². The summed E-state index contributed by atoms with van der Waals surface area (Å²) in [6.45, 7) is 0. The Morgan fingerprint density at radius 1 is 1.40 bits per heavy atom. The van der Waals surface area contributed by atoms with Gasteiger partial charge in [0, 0.05) is 12.9 Å². The maximum atomic E-state index is 8.51. The molecule has 0 fully saturated rings. The Labute approximate surface area is 95.0 Å². The first-order valence-corrected chi connectivity index (χ1v) is 5.19. The monoisotopic (exact) mass is 223 g/mol. The number of rotatable bonds is 5. The third-order valence-electron chi connectivity index (χ3n) is 1.89. The normalized spacial score (nSPS) is 11.8. The van der Waals surface area contributed by atoms with Gasteiger partial charge in [-0.3, -0.25) is 0 Å². The van der Waals surface area contributed by atoms with Crippen LogP contribution >= 0.6 is 12.6 Å². The molecule has 0 aliphatic rings. The molecule has 0 bridgehead atoms. The molecule has 80 valence electrons. The fraction of sp³-hybridized carbons (Fsp3) is 0.364. The lowest BCUT2D eigenvalue weighted by Crippen LogP contribution is -2.17. The first-order chi connectivity index (χ1) is 7.30. The predicted octanol–water partition coefficient (Wildman–Crippen LogP) is 2.38. The molecule has 4 heteroatoms. The van der Waals surface area contributed by atoms with Crippen LogP contribution in [0.1, 0.15) is 12.0 Å². The molecule has 0 saturated carbocycles. The zero-order chi connectivity index (χ0) is 11.1. The molecular formula is C11H13NO2S. The Hall–Kier alpha value is -1.18. The third kappa shape index (κ3) is 3.82. The maximum absolute atomic E-state index is 8.51. The fourth-order valence-corrected chi connectivity index (χ4v) is 1.28. The lowest BCUT2D eigenvalue weighted by Gasteiger charge is -2.14. The van der Waals surface area contributed by atoms with Gasteiger partial charge >= 0.3 is 0 Å². The minimum atomic E-state index is -0.503. The number of hydrogen-bond acceptors (Lipinski definition) is 4. The van der Waals surface area contributed by atoms with Crippen molar-refractivity contribution in [2.24, 2.45) is 0 Å². The molecule has 0 aromatic heterocycles. The summed E-state index contributed by atoms with van der Waals surface area (Å²) < 4.78 is 10.4. The highest BCUT2D eigenvalue weighted by atomic mass is 32.1. The van der Waals surface area contributed by atoms with Crippen molar-refractivity contribution in [2.45, 2.75) is 18.5 Å². The van der Waals surface area contributed by atoms with Gasteiger partial charge in [0.25, 0.3) is 0 Å². The summed E-state index contributed by atoms with van der Waals surface area (Å²) in [6, 6.07) is 9.55. The second-order valence-corrected chi connectivity index (χ2v) is 3.26. The third-order valence-corrected chi connectivity index (χ3v) is 2.26. The van der Waals surface area contributed by atoms with Gasteiger partial charge in [0.15, 0.2) is 0 Å². The van der Waals surface area contributed by atoms with Crippen molar-refractivity contribution in [2.75, 3.05) is 7.11 Å². The lowest BCUT2D eigenvalue weighted by atomic mass is 10.2. The smallest absolute Gasteiger partial charge is 0.212 e. The average molecular weight is 223 g/mol. The van der Waals surface area contributed by atoms with E-state index in [2.05, 4.69) is 12.6 Å². The van der Waals surface area contributed by atoms with Crippen molar-refractivity contribution in [1.82, 2.24) is 0 Å². The molecule has 15 heavy (non-hydrogen) atoms. The van der Waals surface area contributed by atoms with E-state index in [1.807, 2.05) is 30.3 Å². The number of thiol groups is 1. The van der Waals surface area contributed by atoms with E-state index in [-0.39, 0.29) is 6.42 Å². The molecule has 0 saturated heterocycles. The highest BCUT2D eigenvalue weighted by molar-refractivity contribution is 7.79. The molecule has 1 atom stereocenters. The van der Waals surface area contributed by atoms with Crippen molar-refractivity contribution in [3.05, 3.63) is 29.8 Å². The van der Waals surface area contributed by atoms with Crippen molar-refractivity contribution in [3.63, 3.8) is 0 Å². The number of hydrogen-bond donors (Lipinski definition) is 1. The molecular weight excluding hydrogens is 210 g/mol. The Balaban J connectivity index is 2.59. The molecule has 0 heterocycles. The van der Waals surface area contributed by atoms with E-state index in [1.54, 1.807) is 0 Å². The zero-order valence-corrected chi connectivity index (χ0v) is 9.41. The largest absolute Gasteiger partial charge is 0.464 e. The molecule has 1 rings (SSSR count). The SMILES string of the molecule is COC(CC#N)Oc1ccc(CS)cc1. The van der Waals surface area contributed by atoms with Crippen LogP contribution in [0.3, 0.4) is 0 Å². The van der Waals surface area contributed by atoms with Crippen LogP contribution in [0.15, 0.2) is 24.3 Å². The van der Waals surface area contributed by atoms with Gasteiger partial charge in [0.2, 0.25) is 6.29 Å². The topological polar surface area (TPSA) is 42.2 Å². The van der Waals surface area contributed by atoms with Crippen LogP contribution in [0.2, 0.25) is 0 Å². The van der Waals surface area contributed by atoms with Crippen LogP contribution in [0, 0.1) is 11.3 Å². The van der Waals surface area contributed by atoms with E-state index in [1.165, 1.54) is 7.11 Å². The van der Waals surface area contributed by atoms with Crippen LogP contribution < -0.4 is 4.74 Å². The van der Waals surface area contributed by atoms with E-state index in [9.17, 15) is 0 Å². The second-order valence-electron chi connectivity index (χ2n) is 2.95. The van der Waals surface area contributed by atoms with Gasteiger partial charge in [-0.25, -0.2) is 0 Å². The van der Waals surface area contributed by atoms with Crippen LogP contribution in [0.25, 0.3) is 0 Å². The second kappa shape index (κ2) is 6.33. The molecule has 0 amide bonds. The molecule has 0 radical (unpaired) electrons. The predicted molar refractivity (Wildman–Crippen MR) is 60.8 cm³/mol. The molecule has 3 nitrogen and oxygen atoms in total. The fourth-order valence-electron chi connectivity index (χ4n) is 1.07. The molecule has 0 spiro atoms. The zero-order valence-electron chi connectivity index (χ0n) is 8.51. The number of methoxy groups -OCH3 is 1. The maximum Gasteiger partial charge on any atom is 0.212 e. The lowest BCUT2D eigenvalue weighted by molar-refractivity contribution is -0.0489. The minimum Gasteiger partial charge on any atom is -0.464 e. The van der Waals surface area contributed by atoms with E-state index in [0.29, 0.717) is 11.5 Å². The summed E-state index contributed by atoms with van der Waals surface area (Å²) in [6.07, 6.45) is -0.290. The summed E-state index contributed by atoms with van der Waals surface area (Å²) in [5, 5.41) is 8.51. The van der Waals surface area contributed by atoms with E-state index >= 15 is 0 Å². The van der Waals surface area contributed by atoms with Gasteiger partial charge in [0.05, 0.1) is 12.5 Å². The number of nitrogens with zero attached hydrogens (tertiary/aromatic N) is 1. The van der Waals surface area contributed by atoms with Gasteiger partial charge in [-0.05, 0) is 17.7 Å². The van der Waals surface area contributed by atoms with Crippen molar-refractivity contribution in [3.8, 4) is 11.8 Å². The van der Waals surface area contributed by atoms with E-state index in [0.717, 1.165) is 5.56 Å². The standard InChI is InChI=1S/C11H13NO2S/c1-13-11(6-7-12)14-10-4-2-9(8-15)3-5-10/h2-5,11,15H,6,8H2,1H3. The Morgan fingerprint density at radius 2 is 2.07 bits per heavy atom. The van der Waals surface area contributed by atoms with Gasteiger partial charge in [-0.1, -0.05) is 12.1 Å². The number of nitriles is 1. The van der Waals surface area contributed by atoms with Gasteiger partial charge in [-0.15, -0.1) is 0 Å². The van der Waals surface area contributed by atoms with Crippen LogP contribution in [-0.4, -0.2) is 13.4 Å². The first-order valence-electron chi connectivity index (χ1n) is 4.56. The van der Waals surface area contributed by atoms with E-state index in [4.69, 9.17) is 14.7 Å². The molecule has 0 aliphatic carbocycles. The van der Waals surface area contributed by atoms with Gasteiger partial charge in [-0.2, -0.15) is 17.9 Å². The molecule has 1 aromatic carbocycles. The van der Waals surface area contributed by atoms with Crippen LogP contribution in [0.4, 0.5) is 0 Å². The molecule has 1 unspecified atom stereocenters. The van der Waals surface area contributed by atoms with Crippen molar-refractivity contribution >= 4 is 12.6 Å². The van der Waals surface area contributed by atoms with Crippen molar-refractivity contribution < 1.29 is 9.47 Å². The highest BCUT2D eigenvalue weighted by Crippen LogP contribution is 2.15. The van der Waals surface area contributed by atoms with Crippen molar-refractivity contribution in [1.29, 1.82) is 5.26 Å². The quantitative estimate of drug-likeness (QED) is 0.615. The Bertz CT molecular complexity index is 331. The molecule has 1 aromatic rings. The Morgan fingerprint density at radius 3 is 2.53 bits per heavy atom.